The zero-order chi connectivity index (χ0) is 14.0. The van der Waals surface area contributed by atoms with Crippen molar-refractivity contribution in [2.45, 2.75) is 33.7 Å². The van der Waals surface area contributed by atoms with E-state index in [1.54, 1.807) is 17.4 Å². The highest BCUT2D eigenvalue weighted by molar-refractivity contribution is 7.12. The van der Waals surface area contributed by atoms with Crippen LogP contribution in [-0.2, 0) is 0 Å². The first-order valence-corrected chi connectivity index (χ1v) is 7.41. The van der Waals surface area contributed by atoms with Crippen LogP contribution in [0.15, 0.2) is 24.3 Å². The van der Waals surface area contributed by atoms with Gasteiger partial charge in [-0.25, -0.2) is 4.39 Å². The molecule has 1 heterocycles. The lowest BCUT2D eigenvalue weighted by atomic mass is 9.97. The highest BCUT2D eigenvalue weighted by atomic mass is 32.1. The van der Waals surface area contributed by atoms with Crippen molar-refractivity contribution in [1.82, 2.24) is 5.32 Å². The third-order valence-corrected chi connectivity index (χ3v) is 4.24. The summed E-state index contributed by atoms with van der Waals surface area (Å²) in [4.78, 5) is 2.52. The molecule has 0 fully saturated rings. The second-order valence-corrected chi connectivity index (χ2v) is 6.34. The van der Waals surface area contributed by atoms with Crippen LogP contribution in [0.25, 0.3) is 0 Å². The van der Waals surface area contributed by atoms with Gasteiger partial charge in [-0.05, 0) is 45.0 Å². The molecule has 1 N–H and O–H groups in total. The molecule has 1 unspecified atom stereocenters. The maximum Gasteiger partial charge on any atom is 0.128 e. The summed E-state index contributed by atoms with van der Waals surface area (Å²) in [5, 5.41) is 3.40. The molecular formula is C16H20FNS. The number of hydrogen-bond acceptors (Lipinski definition) is 2. The van der Waals surface area contributed by atoms with Crippen molar-refractivity contribution in [3.63, 3.8) is 0 Å². The topological polar surface area (TPSA) is 12.0 Å². The van der Waals surface area contributed by atoms with E-state index in [-0.39, 0.29) is 11.9 Å². The molecule has 0 bridgehead atoms. The summed E-state index contributed by atoms with van der Waals surface area (Å²) < 4.78 is 14.1. The first-order valence-electron chi connectivity index (χ1n) is 6.59. The van der Waals surface area contributed by atoms with E-state index in [0.717, 1.165) is 17.7 Å². The Hall–Kier alpha value is -1.19. The zero-order valence-corrected chi connectivity index (χ0v) is 12.7. The zero-order valence-electron chi connectivity index (χ0n) is 11.9. The Labute approximate surface area is 118 Å². The highest BCUT2D eigenvalue weighted by Gasteiger charge is 2.20. The van der Waals surface area contributed by atoms with Gasteiger partial charge in [-0.1, -0.05) is 24.6 Å². The molecule has 0 aliphatic heterocycles. The van der Waals surface area contributed by atoms with Gasteiger partial charge >= 0.3 is 0 Å². The monoisotopic (exact) mass is 277 g/mol. The first-order chi connectivity index (χ1) is 9.02. The average molecular weight is 277 g/mol. The summed E-state index contributed by atoms with van der Waals surface area (Å²) in [6, 6.07) is 7.41. The lowest BCUT2D eigenvalue weighted by Gasteiger charge is -2.20. The number of rotatable bonds is 4. The largest absolute Gasteiger partial charge is 0.306 e. The summed E-state index contributed by atoms with van der Waals surface area (Å²) in [7, 11) is 0. The maximum atomic E-state index is 14.1. The van der Waals surface area contributed by atoms with Gasteiger partial charge in [0.15, 0.2) is 0 Å². The summed E-state index contributed by atoms with van der Waals surface area (Å²) >= 11 is 1.77. The standard InChI is InChI=1S/C16H20FNS/c1-5-18-16(13-9-11(3)19-12(13)4)14-8-10(2)6-7-15(14)17/h6-9,16,18H,5H2,1-4H3. The van der Waals surface area contributed by atoms with Crippen molar-refractivity contribution in [1.29, 1.82) is 0 Å². The van der Waals surface area contributed by atoms with Crippen LogP contribution in [0.3, 0.4) is 0 Å². The van der Waals surface area contributed by atoms with Crippen LogP contribution in [0.4, 0.5) is 4.39 Å². The molecule has 3 heteroatoms. The Bertz CT molecular complexity index is 574. The molecule has 2 rings (SSSR count). The first kappa shape index (κ1) is 14.2. The molecule has 1 aromatic carbocycles. The van der Waals surface area contributed by atoms with Crippen LogP contribution in [0, 0.1) is 26.6 Å². The van der Waals surface area contributed by atoms with Gasteiger partial charge in [-0.15, -0.1) is 11.3 Å². The quantitative estimate of drug-likeness (QED) is 0.867. The number of nitrogens with one attached hydrogen (secondary N) is 1. The van der Waals surface area contributed by atoms with E-state index in [9.17, 15) is 4.39 Å². The smallest absolute Gasteiger partial charge is 0.128 e. The second-order valence-electron chi connectivity index (χ2n) is 4.88. The Morgan fingerprint density at radius 2 is 1.89 bits per heavy atom. The Morgan fingerprint density at radius 1 is 1.16 bits per heavy atom. The molecule has 0 saturated carbocycles. The van der Waals surface area contributed by atoms with Crippen molar-refractivity contribution in [3.8, 4) is 0 Å². The van der Waals surface area contributed by atoms with Crippen LogP contribution in [0.2, 0.25) is 0 Å². The lowest BCUT2D eigenvalue weighted by molar-refractivity contribution is 0.558. The third kappa shape index (κ3) is 3.04. The fourth-order valence-electron chi connectivity index (χ4n) is 2.41. The number of hydrogen-bond donors (Lipinski definition) is 1. The van der Waals surface area contributed by atoms with Gasteiger partial charge in [0.25, 0.3) is 0 Å². The third-order valence-electron chi connectivity index (χ3n) is 3.26. The normalized spacial score (nSPS) is 12.7. The molecular weight excluding hydrogens is 257 g/mol. The fourth-order valence-corrected chi connectivity index (χ4v) is 3.38. The minimum absolute atomic E-state index is 0.0603. The van der Waals surface area contributed by atoms with Crippen molar-refractivity contribution in [3.05, 3.63) is 56.5 Å². The fraction of sp³-hybridized carbons (Fsp3) is 0.375. The van der Waals surface area contributed by atoms with Crippen molar-refractivity contribution in [2.75, 3.05) is 6.54 Å². The van der Waals surface area contributed by atoms with Crippen LogP contribution in [-0.4, -0.2) is 6.54 Å². The Morgan fingerprint density at radius 3 is 2.47 bits per heavy atom. The maximum absolute atomic E-state index is 14.1. The predicted octanol–water partition coefficient (Wildman–Crippen LogP) is 4.51. The van der Waals surface area contributed by atoms with Gasteiger partial charge in [0.1, 0.15) is 5.82 Å². The van der Waals surface area contributed by atoms with Crippen LogP contribution in [0.1, 0.15) is 39.4 Å². The summed E-state index contributed by atoms with van der Waals surface area (Å²) in [5.74, 6) is -0.139. The van der Waals surface area contributed by atoms with Crippen LogP contribution in [0.5, 0.6) is 0 Å². The number of halogens is 1. The molecule has 0 radical (unpaired) electrons. The molecule has 0 aliphatic carbocycles. The van der Waals surface area contributed by atoms with Gasteiger partial charge in [0, 0.05) is 15.3 Å². The van der Waals surface area contributed by atoms with Crippen LogP contribution >= 0.6 is 11.3 Å². The lowest BCUT2D eigenvalue weighted by Crippen LogP contribution is -2.23. The summed E-state index contributed by atoms with van der Waals surface area (Å²) in [6.07, 6.45) is 0. The summed E-state index contributed by atoms with van der Waals surface area (Å²) in [6.45, 7) is 9.06. The molecule has 1 nitrogen and oxygen atoms in total. The number of thiophene rings is 1. The minimum Gasteiger partial charge on any atom is -0.306 e. The van der Waals surface area contributed by atoms with E-state index in [0.29, 0.717) is 0 Å². The Kier molecular flexibility index (Phi) is 4.38. The SMILES string of the molecule is CCNC(c1cc(C)ccc1F)c1cc(C)sc1C. The summed E-state index contributed by atoms with van der Waals surface area (Å²) in [5.41, 5.74) is 3.01. The van der Waals surface area contributed by atoms with Gasteiger partial charge in [-0.3, -0.25) is 0 Å². The highest BCUT2D eigenvalue weighted by Crippen LogP contribution is 2.32. The van der Waals surface area contributed by atoms with Gasteiger partial charge in [0.05, 0.1) is 6.04 Å². The van der Waals surface area contributed by atoms with E-state index in [1.165, 1.54) is 15.3 Å². The van der Waals surface area contributed by atoms with Crippen molar-refractivity contribution >= 4 is 11.3 Å². The predicted molar refractivity (Wildman–Crippen MR) is 80.4 cm³/mol. The van der Waals surface area contributed by atoms with E-state index in [2.05, 4.69) is 32.2 Å². The molecule has 0 spiro atoms. The van der Waals surface area contributed by atoms with Gasteiger partial charge < -0.3 is 5.32 Å². The molecule has 0 saturated heterocycles. The van der Waals surface area contributed by atoms with E-state index in [4.69, 9.17) is 0 Å². The molecule has 0 aliphatic rings. The van der Waals surface area contributed by atoms with Gasteiger partial charge in [0.2, 0.25) is 0 Å². The average Bonchev–Trinajstić information content (AvgIpc) is 2.69. The molecule has 0 amide bonds. The van der Waals surface area contributed by atoms with Crippen molar-refractivity contribution < 1.29 is 4.39 Å². The molecule has 19 heavy (non-hydrogen) atoms. The van der Waals surface area contributed by atoms with Crippen molar-refractivity contribution in [2.24, 2.45) is 0 Å². The minimum atomic E-state index is -0.139. The molecule has 1 aromatic heterocycles. The Balaban J connectivity index is 2.51. The number of benzene rings is 1. The second kappa shape index (κ2) is 5.85. The molecule has 1 atom stereocenters. The van der Waals surface area contributed by atoms with E-state index in [1.807, 2.05) is 19.1 Å². The van der Waals surface area contributed by atoms with Gasteiger partial charge in [-0.2, -0.15) is 0 Å². The van der Waals surface area contributed by atoms with E-state index < -0.39 is 0 Å². The molecule has 2 aromatic rings. The number of aryl methyl sites for hydroxylation is 3. The van der Waals surface area contributed by atoms with Crippen LogP contribution < -0.4 is 5.32 Å². The van der Waals surface area contributed by atoms with E-state index >= 15 is 0 Å². The molecule has 102 valence electrons.